The number of nitro benzene ring substituents is 1. The molecule has 1 N–H and O–H groups in total. The monoisotopic (exact) mass is 360 g/mol. The van der Waals surface area contributed by atoms with Crippen LogP contribution in [0.15, 0.2) is 60.7 Å². The van der Waals surface area contributed by atoms with Crippen molar-refractivity contribution in [3.63, 3.8) is 0 Å². The molecule has 1 aromatic heterocycles. The molecular weight excluding hydrogens is 344 g/mol. The Morgan fingerprint density at radius 2 is 1.78 bits per heavy atom. The van der Waals surface area contributed by atoms with Crippen molar-refractivity contribution < 1.29 is 14.5 Å². The van der Waals surface area contributed by atoms with Gasteiger partial charge in [-0.3, -0.25) is 10.1 Å². The predicted molar refractivity (Wildman–Crippen MR) is 104 cm³/mol. The molecule has 27 heavy (non-hydrogen) atoms. The van der Waals surface area contributed by atoms with Crippen LogP contribution < -0.4 is 0 Å². The first-order valence-corrected chi connectivity index (χ1v) is 8.55. The predicted octanol–water partition coefficient (Wildman–Crippen LogP) is 5.07. The lowest BCUT2D eigenvalue weighted by atomic mass is 9.96. The van der Waals surface area contributed by atoms with Crippen LogP contribution in [0.1, 0.15) is 17.3 Å². The Morgan fingerprint density at radius 1 is 1.04 bits per heavy atom. The van der Waals surface area contributed by atoms with Gasteiger partial charge < -0.3 is 9.72 Å². The average molecular weight is 360 g/mol. The Labute approximate surface area is 154 Å². The van der Waals surface area contributed by atoms with E-state index < -0.39 is 10.9 Å². The van der Waals surface area contributed by atoms with E-state index in [4.69, 9.17) is 4.74 Å². The maximum atomic E-state index is 12.5. The minimum atomic E-state index is -0.445. The average Bonchev–Trinajstić information content (AvgIpc) is 3.06. The summed E-state index contributed by atoms with van der Waals surface area (Å²) in [4.78, 5) is 26.4. The number of nitrogens with one attached hydrogen (secondary N) is 1. The summed E-state index contributed by atoms with van der Waals surface area (Å²) in [5.41, 5.74) is 3.56. The number of nitrogens with zero attached hydrogens (tertiary/aromatic N) is 1. The summed E-state index contributed by atoms with van der Waals surface area (Å²) in [5.74, 6) is -0.425. The van der Waals surface area contributed by atoms with Gasteiger partial charge in [-0.25, -0.2) is 4.79 Å². The van der Waals surface area contributed by atoms with Crippen LogP contribution in [0.25, 0.3) is 32.9 Å². The van der Waals surface area contributed by atoms with Gasteiger partial charge in [0.2, 0.25) is 0 Å². The van der Waals surface area contributed by atoms with Crippen LogP contribution >= 0.6 is 0 Å². The van der Waals surface area contributed by atoms with Crippen LogP contribution in [0.3, 0.4) is 0 Å². The summed E-state index contributed by atoms with van der Waals surface area (Å²) in [6.07, 6.45) is 0. The first-order valence-electron chi connectivity index (χ1n) is 8.55. The van der Waals surface area contributed by atoms with Gasteiger partial charge in [0.25, 0.3) is 5.69 Å². The molecule has 6 nitrogen and oxygen atoms in total. The molecule has 0 aliphatic heterocycles. The highest BCUT2D eigenvalue weighted by atomic mass is 16.6. The van der Waals surface area contributed by atoms with E-state index in [2.05, 4.69) is 4.98 Å². The number of hydrogen-bond donors (Lipinski definition) is 1. The van der Waals surface area contributed by atoms with Gasteiger partial charge >= 0.3 is 5.97 Å². The van der Waals surface area contributed by atoms with Crippen molar-refractivity contribution in [3.8, 4) is 11.1 Å². The number of para-hydroxylation sites is 1. The van der Waals surface area contributed by atoms with Crippen LogP contribution in [0, 0.1) is 10.1 Å². The first kappa shape index (κ1) is 16.8. The molecule has 0 amide bonds. The Hall–Kier alpha value is -3.67. The van der Waals surface area contributed by atoms with Gasteiger partial charge in [-0.1, -0.05) is 24.3 Å². The van der Waals surface area contributed by atoms with E-state index in [1.165, 1.54) is 12.1 Å². The van der Waals surface area contributed by atoms with Crippen molar-refractivity contribution >= 4 is 33.5 Å². The number of benzene rings is 3. The lowest BCUT2D eigenvalue weighted by Gasteiger charge is -2.11. The SMILES string of the molecule is CCOC(=O)c1ccc2c([nH]c3ccccc32)c1-c1ccc([N+](=O)[O-])cc1. The fraction of sp³-hybridized carbons (Fsp3) is 0.0952. The number of nitro groups is 1. The van der Waals surface area contributed by atoms with Gasteiger partial charge in [-0.15, -0.1) is 0 Å². The van der Waals surface area contributed by atoms with E-state index in [1.54, 1.807) is 25.1 Å². The van der Waals surface area contributed by atoms with Gasteiger partial charge in [0, 0.05) is 34.0 Å². The summed E-state index contributed by atoms with van der Waals surface area (Å²) in [7, 11) is 0. The van der Waals surface area contributed by atoms with Crippen molar-refractivity contribution in [3.05, 3.63) is 76.3 Å². The molecule has 0 saturated heterocycles. The van der Waals surface area contributed by atoms with Crippen molar-refractivity contribution in [2.45, 2.75) is 6.92 Å². The highest BCUT2D eigenvalue weighted by Crippen LogP contribution is 2.36. The number of H-pyrrole nitrogens is 1. The topological polar surface area (TPSA) is 85.2 Å². The largest absolute Gasteiger partial charge is 0.462 e. The van der Waals surface area contributed by atoms with Crippen LogP contribution in [-0.2, 0) is 4.74 Å². The lowest BCUT2D eigenvalue weighted by molar-refractivity contribution is -0.384. The van der Waals surface area contributed by atoms with Gasteiger partial charge in [0.05, 0.1) is 22.6 Å². The normalized spacial score (nSPS) is 11.0. The second-order valence-corrected chi connectivity index (χ2v) is 6.11. The third-order valence-electron chi connectivity index (χ3n) is 4.54. The standard InChI is InChI=1S/C21H16N2O4/c1-2-27-21(24)17-12-11-16-15-5-3-4-6-18(15)22-20(16)19(17)13-7-9-14(10-8-13)23(25)26/h3-12,22H,2H2,1H3. The molecule has 0 saturated carbocycles. The zero-order chi connectivity index (χ0) is 19.0. The second kappa shape index (κ2) is 6.57. The number of rotatable bonds is 4. The zero-order valence-electron chi connectivity index (χ0n) is 14.6. The number of fused-ring (bicyclic) bond motifs is 3. The minimum Gasteiger partial charge on any atom is -0.462 e. The van der Waals surface area contributed by atoms with E-state index in [1.807, 2.05) is 30.3 Å². The molecule has 0 bridgehead atoms. The Bertz CT molecular complexity index is 1180. The molecule has 4 rings (SSSR count). The highest BCUT2D eigenvalue weighted by Gasteiger charge is 2.20. The zero-order valence-corrected chi connectivity index (χ0v) is 14.6. The fourth-order valence-corrected chi connectivity index (χ4v) is 3.35. The Kier molecular flexibility index (Phi) is 4.08. The number of carbonyl (C=O) groups is 1. The Balaban J connectivity index is 2.02. The van der Waals surface area contributed by atoms with Crippen LogP contribution in [0.4, 0.5) is 5.69 Å². The minimum absolute atomic E-state index is 0.000238. The van der Waals surface area contributed by atoms with E-state index >= 15 is 0 Å². The smallest absolute Gasteiger partial charge is 0.338 e. The van der Waals surface area contributed by atoms with E-state index in [-0.39, 0.29) is 12.3 Å². The summed E-state index contributed by atoms with van der Waals surface area (Å²) < 4.78 is 5.21. The number of hydrogen-bond acceptors (Lipinski definition) is 4. The number of aromatic amines is 1. The molecule has 3 aromatic carbocycles. The summed E-state index contributed by atoms with van der Waals surface area (Å²) in [6, 6.07) is 17.7. The van der Waals surface area contributed by atoms with Crippen molar-refractivity contribution in [2.24, 2.45) is 0 Å². The van der Waals surface area contributed by atoms with Crippen molar-refractivity contribution in [1.29, 1.82) is 0 Å². The molecule has 0 aliphatic rings. The fourth-order valence-electron chi connectivity index (χ4n) is 3.35. The number of aromatic nitrogens is 1. The van der Waals surface area contributed by atoms with Gasteiger partial charge in [-0.2, -0.15) is 0 Å². The number of ether oxygens (including phenoxy) is 1. The molecular formula is C21H16N2O4. The molecule has 0 atom stereocenters. The quantitative estimate of drug-likeness (QED) is 0.313. The molecule has 134 valence electrons. The van der Waals surface area contributed by atoms with E-state index in [0.717, 1.165) is 21.8 Å². The van der Waals surface area contributed by atoms with Crippen molar-refractivity contribution in [2.75, 3.05) is 6.61 Å². The molecule has 0 spiro atoms. The molecule has 4 aromatic rings. The summed E-state index contributed by atoms with van der Waals surface area (Å²) >= 11 is 0. The summed E-state index contributed by atoms with van der Waals surface area (Å²) in [6.45, 7) is 2.02. The van der Waals surface area contributed by atoms with Crippen LogP contribution in [-0.4, -0.2) is 22.5 Å². The first-order chi connectivity index (χ1) is 13.1. The second-order valence-electron chi connectivity index (χ2n) is 6.11. The number of non-ortho nitro benzene ring substituents is 1. The molecule has 0 aliphatic carbocycles. The number of esters is 1. The maximum absolute atomic E-state index is 12.5. The van der Waals surface area contributed by atoms with Gasteiger partial charge in [0.1, 0.15) is 0 Å². The molecule has 0 radical (unpaired) electrons. The third-order valence-corrected chi connectivity index (χ3v) is 4.54. The van der Waals surface area contributed by atoms with Crippen LogP contribution in [0.5, 0.6) is 0 Å². The Morgan fingerprint density at radius 3 is 2.48 bits per heavy atom. The van der Waals surface area contributed by atoms with Gasteiger partial charge in [0.15, 0.2) is 0 Å². The van der Waals surface area contributed by atoms with E-state index in [0.29, 0.717) is 16.7 Å². The summed E-state index contributed by atoms with van der Waals surface area (Å²) in [5, 5.41) is 13.0. The molecule has 1 heterocycles. The third kappa shape index (κ3) is 2.81. The highest BCUT2D eigenvalue weighted by molar-refractivity contribution is 6.15. The molecule has 6 heteroatoms. The van der Waals surface area contributed by atoms with Crippen molar-refractivity contribution in [1.82, 2.24) is 4.98 Å². The van der Waals surface area contributed by atoms with Gasteiger partial charge in [-0.05, 0) is 36.8 Å². The van der Waals surface area contributed by atoms with E-state index in [9.17, 15) is 14.9 Å². The maximum Gasteiger partial charge on any atom is 0.338 e. The number of carbonyl (C=O) groups excluding carboxylic acids is 1. The van der Waals surface area contributed by atoms with Crippen LogP contribution in [0.2, 0.25) is 0 Å². The molecule has 0 unspecified atom stereocenters. The lowest BCUT2D eigenvalue weighted by Crippen LogP contribution is -2.06. The molecule has 0 fully saturated rings.